The van der Waals surface area contributed by atoms with Crippen LogP contribution < -0.4 is 0 Å². The lowest BCUT2D eigenvalue weighted by Crippen LogP contribution is -2.47. The molecular weight excluding hydrogens is 282 g/mol. The van der Waals surface area contributed by atoms with Crippen molar-refractivity contribution < 1.29 is 4.79 Å². The van der Waals surface area contributed by atoms with Crippen molar-refractivity contribution in [1.29, 1.82) is 0 Å². The van der Waals surface area contributed by atoms with Crippen LogP contribution in [0.1, 0.15) is 73.1 Å². The molecule has 1 aliphatic heterocycles. The number of carbonyl (C=O) groups is 1. The van der Waals surface area contributed by atoms with Gasteiger partial charge in [-0.15, -0.1) is 0 Å². The summed E-state index contributed by atoms with van der Waals surface area (Å²) in [5, 5.41) is 0. The van der Waals surface area contributed by atoms with Crippen molar-refractivity contribution in [2.45, 2.75) is 79.2 Å². The topological polar surface area (TPSA) is 20.3 Å². The second-order valence-corrected chi connectivity index (χ2v) is 10.9. The third-order valence-corrected chi connectivity index (χ3v) is 7.98. The lowest BCUT2D eigenvalue weighted by Gasteiger charge is -2.41. The van der Waals surface area contributed by atoms with Gasteiger partial charge in [-0.3, -0.25) is 4.79 Å². The monoisotopic (exact) mass is 315 g/mol. The fraction of sp³-hybridized carbons (Fsp3) is 0.857. The third kappa shape index (κ3) is 1.96. The van der Waals surface area contributed by atoms with E-state index in [1.165, 1.54) is 31.3 Å². The zero-order valence-electron chi connectivity index (χ0n) is 15.7. The highest BCUT2D eigenvalue weighted by molar-refractivity contribution is 5.88. The van der Waals surface area contributed by atoms with Crippen molar-refractivity contribution in [2.75, 3.05) is 6.54 Å². The van der Waals surface area contributed by atoms with Crippen LogP contribution in [0.5, 0.6) is 0 Å². The Balaban J connectivity index is 1.65. The first-order chi connectivity index (χ1) is 10.5. The molecule has 2 heteroatoms. The Hall–Kier alpha value is -0.790. The van der Waals surface area contributed by atoms with Crippen LogP contribution in [-0.2, 0) is 4.79 Å². The van der Waals surface area contributed by atoms with Gasteiger partial charge in [0.05, 0.1) is 5.41 Å². The summed E-state index contributed by atoms with van der Waals surface area (Å²) in [5.74, 6) is 1.09. The molecule has 4 aliphatic rings. The Morgan fingerprint density at radius 2 is 1.83 bits per heavy atom. The van der Waals surface area contributed by atoms with E-state index in [0.29, 0.717) is 28.7 Å². The molecule has 0 radical (unpaired) electrons. The van der Waals surface area contributed by atoms with E-state index in [0.717, 1.165) is 19.4 Å². The molecule has 1 heterocycles. The van der Waals surface area contributed by atoms with E-state index < -0.39 is 0 Å². The van der Waals surface area contributed by atoms with Gasteiger partial charge in [-0.05, 0) is 60.7 Å². The van der Waals surface area contributed by atoms with Crippen LogP contribution in [0, 0.1) is 27.6 Å². The molecule has 0 aromatic rings. The average Bonchev–Trinajstić information content (AvgIpc) is 3.01. The SMILES string of the molecule is C=C1C2(C(=O)N3CC4(C)CC3CC(C)(C)C4)CCC(C2)C1(C)C. The van der Waals surface area contributed by atoms with Crippen molar-refractivity contribution in [1.82, 2.24) is 4.90 Å². The fourth-order valence-electron chi connectivity index (χ4n) is 7.09. The lowest BCUT2D eigenvalue weighted by atomic mass is 9.65. The molecule has 23 heavy (non-hydrogen) atoms. The third-order valence-electron chi connectivity index (χ3n) is 7.98. The summed E-state index contributed by atoms with van der Waals surface area (Å²) in [4.78, 5) is 16.0. The number of hydrogen-bond donors (Lipinski definition) is 0. The smallest absolute Gasteiger partial charge is 0.233 e. The maximum absolute atomic E-state index is 13.7. The molecule has 3 aliphatic carbocycles. The van der Waals surface area contributed by atoms with Gasteiger partial charge in [-0.1, -0.05) is 46.8 Å². The Labute approximate surface area is 141 Å². The van der Waals surface area contributed by atoms with Crippen molar-refractivity contribution in [3.8, 4) is 0 Å². The highest BCUT2D eigenvalue weighted by Crippen LogP contribution is 2.66. The van der Waals surface area contributed by atoms with Crippen LogP contribution in [0.15, 0.2) is 12.2 Å². The summed E-state index contributed by atoms with van der Waals surface area (Å²) in [7, 11) is 0. The maximum atomic E-state index is 13.7. The van der Waals surface area contributed by atoms with Crippen LogP contribution in [0.25, 0.3) is 0 Å². The molecule has 4 bridgehead atoms. The van der Waals surface area contributed by atoms with Crippen molar-refractivity contribution in [3.05, 3.63) is 12.2 Å². The van der Waals surface area contributed by atoms with E-state index in [9.17, 15) is 4.79 Å². The summed E-state index contributed by atoms with van der Waals surface area (Å²) in [6.07, 6.45) is 6.94. The van der Waals surface area contributed by atoms with Crippen molar-refractivity contribution in [3.63, 3.8) is 0 Å². The number of fused-ring (bicyclic) bond motifs is 4. The van der Waals surface area contributed by atoms with Gasteiger partial charge in [-0.25, -0.2) is 0 Å². The summed E-state index contributed by atoms with van der Waals surface area (Å²) >= 11 is 0. The number of carbonyl (C=O) groups excluding carboxylic acids is 1. The lowest BCUT2D eigenvalue weighted by molar-refractivity contribution is -0.141. The summed E-state index contributed by atoms with van der Waals surface area (Å²) < 4.78 is 0. The second kappa shape index (κ2) is 4.24. The van der Waals surface area contributed by atoms with Crippen molar-refractivity contribution >= 4 is 5.91 Å². The van der Waals surface area contributed by atoms with Gasteiger partial charge < -0.3 is 4.90 Å². The molecule has 3 saturated carbocycles. The molecule has 0 N–H and O–H groups in total. The number of likely N-dealkylation sites (tertiary alicyclic amines) is 1. The Kier molecular flexibility index (Phi) is 2.90. The minimum atomic E-state index is -0.230. The van der Waals surface area contributed by atoms with Gasteiger partial charge in [-0.2, -0.15) is 0 Å². The summed E-state index contributed by atoms with van der Waals surface area (Å²) in [5.41, 5.74) is 1.84. The van der Waals surface area contributed by atoms with Crippen molar-refractivity contribution in [2.24, 2.45) is 27.6 Å². The van der Waals surface area contributed by atoms with Crippen LogP contribution in [0.3, 0.4) is 0 Å². The van der Waals surface area contributed by atoms with Gasteiger partial charge in [0.25, 0.3) is 0 Å². The van der Waals surface area contributed by atoms with Gasteiger partial charge >= 0.3 is 0 Å². The van der Waals surface area contributed by atoms with E-state index in [2.05, 4.69) is 46.1 Å². The highest BCUT2D eigenvalue weighted by atomic mass is 16.2. The first-order valence-electron chi connectivity index (χ1n) is 9.50. The molecule has 2 nitrogen and oxygen atoms in total. The number of rotatable bonds is 1. The fourth-order valence-corrected chi connectivity index (χ4v) is 7.09. The van der Waals surface area contributed by atoms with E-state index in [-0.39, 0.29) is 10.8 Å². The number of hydrogen-bond acceptors (Lipinski definition) is 1. The van der Waals surface area contributed by atoms with Crippen LogP contribution in [-0.4, -0.2) is 23.4 Å². The Morgan fingerprint density at radius 3 is 2.43 bits per heavy atom. The van der Waals surface area contributed by atoms with Gasteiger partial charge in [0.2, 0.25) is 5.91 Å². The van der Waals surface area contributed by atoms with Gasteiger partial charge in [0.15, 0.2) is 0 Å². The van der Waals surface area contributed by atoms with E-state index >= 15 is 0 Å². The first-order valence-corrected chi connectivity index (χ1v) is 9.50. The number of nitrogens with zero attached hydrogens (tertiary/aromatic N) is 1. The van der Waals surface area contributed by atoms with Gasteiger partial charge in [0, 0.05) is 12.6 Å². The van der Waals surface area contributed by atoms with Crippen LogP contribution >= 0.6 is 0 Å². The predicted octanol–water partition coefficient (Wildman–Crippen LogP) is 4.80. The normalized spacial score (nSPS) is 46.5. The molecule has 1 saturated heterocycles. The van der Waals surface area contributed by atoms with E-state index in [4.69, 9.17) is 0 Å². The molecule has 128 valence electrons. The molecule has 4 unspecified atom stereocenters. The zero-order chi connectivity index (χ0) is 16.8. The molecule has 1 amide bonds. The average molecular weight is 316 g/mol. The Bertz CT molecular complexity index is 589. The largest absolute Gasteiger partial charge is 0.338 e. The van der Waals surface area contributed by atoms with Crippen LogP contribution in [0.4, 0.5) is 0 Å². The molecule has 4 fully saturated rings. The van der Waals surface area contributed by atoms with E-state index in [1.807, 2.05) is 0 Å². The standard InChI is InChI=1S/C21H33NO/c1-14-19(4,5)15-7-8-21(14,9-15)17(23)22-13-20(6)11-16(22)10-18(2,3)12-20/h15-16H,1,7-13H2,2-6H3. The van der Waals surface area contributed by atoms with Gasteiger partial charge in [0.1, 0.15) is 0 Å². The highest BCUT2D eigenvalue weighted by Gasteiger charge is 2.63. The zero-order valence-corrected chi connectivity index (χ0v) is 15.7. The summed E-state index contributed by atoms with van der Waals surface area (Å²) in [6.45, 7) is 17.2. The predicted molar refractivity (Wildman–Crippen MR) is 93.9 cm³/mol. The molecular formula is C21H33NO. The minimum Gasteiger partial charge on any atom is -0.338 e. The number of amides is 1. The second-order valence-electron chi connectivity index (χ2n) is 10.9. The molecule has 0 spiro atoms. The minimum absolute atomic E-state index is 0.145. The molecule has 4 rings (SSSR count). The molecule has 0 aromatic carbocycles. The quantitative estimate of drug-likeness (QED) is 0.637. The first kappa shape index (κ1) is 15.7. The Morgan fingerprint density at radius 1 is 1.13 bits per heavy atom. The van der Waals surface area contributed by atoms with Crippen LogP contribution in [0.2, 0.25) is 0 Å². The maximum Gasteiger partial charge on any atom is 0.233 e. The molecule has 4 atom stereocenters. The summed E-state index contributed by atoms with van der Waals surface area (Å²) in [6, 6.07) is 0.459. The molecule has 0 aromatic heterocycles. The van der Waals surface area contributed by atoms with E-state index in [1.54, 1.807) is 0 Å².